The molecule has 2 rings (SSSR count). The van der Waals surface area contributed by atoms with Crippen LogP contribution in [0.3, 0.4) is 0 Å². The number of likely N-dealkylation sites (tertiary alicyclic amines) is 1. The van der Waals surface area contributed by atoms with Crippen LogP contribution >= 0.6 is 0 Å². The number of hydrogen-bond acceptors (Lipinski definition) is 7. The summed E-state index contributed by atoms with van der Waals surface area (Å²) in [5.41, 5.74) is 10.6. The van der Waals surface area contributed by atoms with Crippen molar-refractivity contribution in [2.75, 3.05) is 26.8 Å². The smallest absolute Gasteiger partial charge is 0.508 e. The number of carbonyl (C=O) groups is 2. The Morgan fingerprint density at radius 1 is 1.71 bits per heavy atom. The van der Waals surface area contributed by atoms with Gasteiger partial charge in [0.05, 0.1) is 6.61 Å². The van der Waals surface area contributed by atoms with Gasteiger partial charge in [-0.05, 0) is 12.7 Å². The van der Waals surface area contributed by atoms with Crippen LogP contribution in [0.1, 0.15) is 12.8 Å². The molecule has 0 spiro atoms. The van der Waals surface area contributed by atoms with Crippen molar-refractivity contribution in [2.45, 2.75) is 30.7 Å². The van der Waals surface area contributed by atoms with Crippen LogP contribution < -0.4 is 11.5 Å². The highest BCUT2D eigenvalue weighted by molar-refractivity contribution is 6.47. The average Bonchev–Trinajstić information content (AvgIpc) is 2.81. The molecule has 2 fully saturated rings. The first kappa shape index (κ1) is 16.2. The molecule has 2 aliphatic heterocycles. The second-order valence-electron chi connectivity index (χ2n) is 5.75. The quantitative estimate of drug-likeness (QED) is 0.511. The van der Waals surface area contributed by atoms with E-state index in [-0.39, 0.29) is 12.5 Å². The molecule has 2 heterocycles. The summed E-state index contributed by atoms with van der Waals surface area (Å²) in [6.07, 6.45) is 2.12. The Morgan fingerprint density at radius 2 is 2.43 bits per heavy atom. The Kier molecular flexibility index (Phi) is 4.87. The Bertz CT molecular complexity index is 424. The van der Waals surface area contributed by atoms with E-state index in [2.05, 4.69) is 0 Å². The first-order valence-corrected chi connectivity index (χ1v) is 7.10. The van der Waals surface area contributed by atoms with Crippen LogP contribution in [-0.4, -0.2) is 67.4 Å². The van der Waals surface area contributed by atoms with Gasteiger partial charge in [0, 0.05) is 26.1 Å². The highest BCUT2D eigenvalue weighted by atomic mass is 16.6. The monoisotopic (exact) mass is 299 g/mol. The van der Waals surface area contributed by atoms with Gasteiger partial charge in [-0.25, -0.2) is 0 Å². The van der Waals surface area contributed by atoms with E-state index in [4.69, 9.17) is 25.9 Å². The maximum atomic E-state index is 12.3. The Labute approximate surface area is 123 Å². The van der Waals surface area contributed by atoms with Crippen LogP contribution in [-0.2, 0) is 18.9 Å². The molecule has 2 aliphatic rings. The Morgan fingerprint density at radius 3 is 3.05 bits per heavy atom. The van der Waals surface area contributed by atoms with Gasteiger partial charge in [0.2, 0.25) is 5.91 Å². The van der Waals surface area contributed by atoms with E-state index in [1.165, 1.54) is 12.0 Å². The van der Waals surface area contributed by atoms with Gasteiger partial charge in [-0.2, -0.15) is 0 Å². The third-order valence-corrected chi connectivity index (χ3v) is 4.32. The zero-order valence-corrected chi connectivity index (χ0v) is 12.2. The van der Waals surface area contributed by atoms with E-state index in [9.17, 15) is 9.59 Å². The number of rotatable bonds is 3. The molecule has 0 aromatic heterocycles. The molecule has 1 amide bonds. The topological polar surface area (TPSA) is 128 Å². The zero-order chi connectivity index (χ0) is 15.6. The van der Waals surface area contributed by atoms with Gasteiger partial charge in [-0.3, -0.25) is 9.59 Å². The maximum absolute atomic E-state index is 12.3. The summed E-state index contributed by atoms with van der Waals surface area (Å²) in [4.78, 5) is 25.8. The van der Waals surface area contributed by atoms with E-state index in [1.807, 2.05) is 0 Å². The largest absolute Gasteiger partial charge is 0.527 e. The molecule has 0 unspecified atom stereocenters. The molecular weight excluding hydrogens is 277 g/mol. The summed E-state index contributed by atoms with van der Waals surface area (Å²) >= 11 is 0. The van der Waals surface area contributed by atoms with Crippen molar-refractivity contribution >= 4 is 19.0 Å². The van der Waals surface area contributed by atoms with Crippen LogP contribution in [0.4, 0.5) is 0 Å². The first-order valence-electron chi connectivity index (χ1n) is 7.10. The minimum absolute atomic E-state index is 0.0550. The maximum Gasteiger partial charge on any atom is 0.527 e. The van der Waals surface area contributed by atoms with Crippen molar-refractivity contribution in [1.82, 2.24) is 4.90 Å². The lowest BCUT2D eigenvalue weighted by Crippen LogP contribution is -2.58. The SMILES string of the molecule is COB1CCC[C@H]2CN(C(=O)[C@@H](N)CO)C[C@@]2(N)C(=O)O1. The van der Waals surface area contributed by atoms with Gasteiger partial charge >= 0.3 is 13.1 Å². The fourth-order valence-corrected chi connectivity index (χ4v) is 2.98. The molecule has 118 valence electrons. The van der Waals surface area contributed by atoms with Gasteiger partial charge in [-0.1, -0.05) is 6.42 Å². The lowest BCUT2D eigenvalue weighted by atomic mass is 9.75. The second-order valence-corrected chi connectivity index (χ2v) is 5.75. The number of nitrogens with zero attached hydrogens (tertiary/aromatic N) is 1. The summed E-state index contributed by atoms with van der Waals surface area (Å²) in [6.45, 7) is -0.0248. The number of aliphatic hydroxyl groups excluding tert-OH is 1. The number of carbonyl (C=O) groups excluding carboxylic acids is 2. The Hall–Kier alpha value is -1.16. The molecule has 0 aromatic carbocycles. The summed E-state index contributed by atoms with van der Waals surface area (Å²) in [7, 11) is 0.883. The fourth-order valence-electron chi connectivity index (χ4n) is 2.98. The van der Waals surface area contributed by atoms with E-state index < -0.39 is 37.2 Å². The molecule has 0 aliphatic carbocycles. The normalized spacial score (nSPS) is 31.2. The predicted molar refractivity (Wildman–Crippen MR) is 74.9 cm³/mol. The summed E-state index contributed by atoms with van der Waals surface area (Å²) < 4.78 is 10.4. The number of aliphatic hydroxyl groups is 1. The van der Waals surface area contributed by atoms with Crippen LogP contribution in [0.2, 0.25) is 6.32 Å². The van der Waals surface area contributed by atoms with Crippen molar-refractivity contribution in [2.24, 2.45) is 17.4 Å². The fraction of sp³-hybridized carbons (Fsp3) is 0.833. The zero-order valence-electron chi connectivity index (χ0n) is 12.2. The molecule has 3 atom stereocenters. The summed E-state index contributed by atoms with van der Waals surface area (Å²) in [5.74, 6) is -1.12. The third-order valence-electron chi connectivity index (χ3n) is 4.32. The van der Waals surface area contributed by atoms with Gasteiger partial charge in [0.15, 0.2) is 0 Å². The average molecular weight is 299 g/mol. The van der Waals surface area contributed by atoms with Gasteiger partial charge in [0.1, 0.15) is 11.6 Å². The van der Waals surface area contributed by atoms with Crippen LogP contribution in [0, 0.1) is 5.92 Å². The van der Waals surface area contributed by atoms with Gasteiger partial charge in [-0.15, -0.1) is 0 Å². The van der Waals surface area contributed by atoms with E-state index in [1.54, 1.807) is 0 Å². The van der Waals surface area contributed by atoms with Crippen molar-refractivity contribution in [3.05, 3.63) is 0 Å². The van der Waals surface area contributed by atoms with Gasteiger partial charge < -0.3 is 30.8 Å². The van der Waals surface area contributed by atoms with E-state index in [0.717, 1.165) is 6.42 Å². The van der Waals surface area contributed by atoms with Crippen molar-refractivity contribution in [1.29, 1.82) is 0 Å². The Balaban J connectivity index is 2.15. The molecule has 5 N–H and O–H groups in total. The predicted octanol–water partition coefficient (Wildman–Crippen LogP) is -2.07. The first-order chi connectivity index (χ1) is 9.92. The van der Waals surface area contributed by atoms with Crippen LogP contribution in [0.5, 0.6) is 0 Å². The van der Waals surface area contributed by atoms with Crippen LogP contribution in [0.25, 0.3) is 0 Å². The highest BCUT2D eigenvalue weighted by Crippen LogP contribution is 2.33. The second kappa shape index (κ2) is 6.31. The molecule has 0 bridgehead atoms. The molecule has 0 radical (unpaired) electrons. The van der Waals surface area contributed by atoms with Gasteiger partial charge in [0.25, 0.3) is 0 Å². The summed E-state index contributed by atoms with van der Waals surface area (Å²) in [6, 6.07) is -0.985. The number of fused-ring (bicyclic) bond motifs is 1. The lowest BCUT2D eigenvalue weighted by molar-refractivity contribution is -0.143. The molecule has 21 heavy (non-hydrogen) atoms. The molecule has 2 saturated heterocycles. The minimum Gasteiger partial charge on any atom is -0.508 e. The van der Waals surface area contributed by atoms with Crippen LogP contribution in [0.15, 0.2) is 0 Å². The minimum atomic E-state index is -1.23. The molecule has 0 aromatic rings. The number of hydrogen-bond donors (Lipinski definition) is 3. The third kappa shape index (κ3) is 3.05. The van der Waals surface area contributed by atoms with E-state index >= 15 is 0 Å². The summed E-state index contributed by atoms with van der Waals surface area (Å²) in [5, 5.41) is 8.98. The van der Waals surface area contributed by atoms with Crippen molar-refractivity contribution in [3.8, 4) is 0 Å². The number of amides is 1. The van der Waals surface area contributed by atoms with E-state index in [0.29, 0.717) is 19.3 Å². The lowest BCUT2D eigenvalue weighted by Gasteiger charge is -2.31. The van der Waals surface area contributed by atoms with Crippen molar-refractivity contribution < 1.29 is 24.0 Å². The standard InChI is InChI=1S/C12H22BN3O5/c1-20-13-4-2-3-8-5-16(10(18)9(14)6-17)7-12(8,15)11(19)21-13/h8-9,17H,2-7,14-15H2,1H3/t8-,9-,12-/m0/s1. The highest BCUT2D eigenvalue weighted by Gasteiger charge is 2.53. The molecule has 8 nitrogen and oxygen atoms in total. The molecular formula is C12H22BN3O5. The molecule has 0 saturated carbocycles. The number of nitrogens with two attached hydrogens (primary N) is 2. The molecule has 9 heteroatoms. The van der Waals surface area contributed by atoms with Crippen molar-refractivity contribution in [3.63, 3.8) is 0 Å².